The third kappa shape index (κ3) is 6.00. The molecule has 1 amide bonds. The molecule has 1 aliphatic carbocycles. The SMILES string of the molecule is O=C(O)CC(NC(=O)CCCC1CCCC1)c1ccc(F)cc1. The molecule has 0 radical (unpaired) electrons. The van der Waals surface area contributed by atoms with Crippen LogP contribution in [0.2, 0.25) is 0 Å². The van der Waals surface area contributed by atoms with E-state index in [2.05, 4.69) is 5.32 Å². The van der Waals surface area contributed by atoms with Gasteiger partial charge in [0.15, 0.2) is 0 Å². The van der Waals surface area contributed by atoms with E-state index in [1.807, 2.05) is 0 Å². The highest BCUT2D eigenvalue weighted by atomic mass is 19.1. The molecule has 1 atom stereocenters. The first-order valence-corrected chi connectivity index (χ1v) is 8.31. The molecule has 0 aliphatic heterocycles. The quantitative estimate of drug-likeness (QED) is 0.765. The summed E-state index contributed by atoms with van der Waals surface area (Å²) in [7, 11) is 0. The number of carbonyl (C=O) groups excluding carboxylic acids is 1. The summed E-state index contributed by atoms with van der Waals surface area (Å²) in [5.74, 6) is -0.774. The number of hydrogen-bond acceptors (Lipinski definition) is 2. The summed E-state index contributed by atoms with van der Waals surface area (Å²) in [5.41, 5.74) is 0.609. The Morgan fingerprint density at radius 3 is 2.48 bits per heavy atom. The van der Waals surface area contributed by atoms with Gasteiger partial charge in [0.2, 0.25) is 5.91 Å². The van der Waals surface area contributed by atoms with Gasteiger partial charge >= 0.3 is 5.97 Å². The number of amides is 1. The molecule has 0 heterocycles. The van der Waals surface area contributed by atoms with E-state index in [9.17, 15) is 14.0 Å². The van der Waals surface area contributed by atoms with E-state index >= 15 is 0 Å². The fourth-order valence-corrected chi connectivity index (χ4v) is 3.24. The fourth-order valence-electron chi connectivity index (χ4n) is 3.24. The second-order valence-electron chi connectivity index (χ2n) is 6.31. The van der Waals surface area contributed by atoms with E-state index in [-0.39, 0.29) is 18.1 Å². The zero-order valence-electron chi connectivity index (χ0n) is 13.3. The minimum atomic E-state index is -0.995. The van der Waals surface area contributed by atoms with Gasteiger partial charge in [0, 0.05) is 6.42 Å². The smallest absolute Gasteiger partial charge is 0.305 e. The molecular formula is C18H24FNO3. The highest BCUT2D eigenvalue weighted by Gasteiger charge is 2.19. The van der Waals surface area contributed by atoms with Crippen molar-refractivity contribution in [3.8, 4) is 0 Å². The zero-order chi connectivity index (χ0) is 16.7. The normalized spacial score (nSPS) is 16.2. The van der Waals surface area contributed by atoms with Crippen molar-refractivity contribution in [2.75, 3.05) is 0 Å². The molecule has 5 heteroatoms. The van der Waals surface area contributed by atoms with Gasteiger partial charge in [-0.15, -0.1) is 0 Å². The van der Waals surface area contributed by atoms with E-state index in [1.54, 1.807) is 0 Å². The Kier molecular flexibility index (Phi) is 6.56. The molecule has 1 saturated carbocycles. The summed E-state index contributed by atoms with van der Waals surface area (Å²) in [6, 6.07) is 4.96. The summed E-state index contributed by atoms with van der Waals surface area (Å²) in [6.45, 7) is 0. The molecular weight excluding hydrogens is 297 g/mol. The Bertz CT molecular complexity index is 524. The molecule has 1 aliphatic rings. The molecule has 0 saturated heterocycles. The molecule has 0 bridgehead atoms. The maximum atomic E-state index is 13.0. The number of hydrogen-bond donors (Lipinski definition) is 2. The van der Waals surface area contributed by atoms with E-state index in [1.165, 1.54) is 49.9 Å². The fraction of sp³-hybridized carbons (Fsp3) is 0.556. The Labute approximate surface area is 136 Å². The van der Waals surface area contributed by atoms with E-state index in [0.717, 1.165) is 18.8 Å². The van der Waals surface area contributed by atoms with Gasteiger partial charge < -0.3 is 10.4 Å². The first-order chi connectivity index (χ1) is 11.0. The topological polar surface area (TPSA) is 66.4 Å². The summed E-state index contributed by atoms with van der Waals surface area (Å²) >= 11 is 0. The number of rotatable bonds is 8. The highest BCUT2D eigenvalue weighted by Crippen LogP contribution is 2.29. The molecule has 126 valence electrons. The van der Waals surface area contributed by atoms with E-state index in [0.29, 0.717) is 12.0 Å². The van der Waals surface area contributed by atoms with Gasteiger partial charge in [0.25, 0.3) is 0 Å². The molecule has 2 N–H and O–H groups in total. The summed E-state index contributed by atoms with van der Waals surface area (Å²) < 4.78 is 13.0. The van der Waals surface area contributed by atoms with Crippen LogP contribution < -0.4 is 5.32 Å². The first-order valence-electron chi connectivity index (χ1n) is 8.31. The van der Waals surface area contributed by atoms with Crippen molar-refractivity contribution in [3.05, 3.63) is 35.6 Å². The third-order valence-corrected chi connectivity index (χ3v) is 4.48. The Morgan fingerprint density at radius 2 is 1.87 bits per heavy atom. The lowest BCUT2D eigenvalue weighted by Crippen LogP contribution is -2.30. The van der Waals surface area contributed by atoms with Crippen molar-refractivity contribution in [2.24, 2.45) is 5.92 Å². The maximum Gasteiger partial charge on any atom is 0.305 e. The predicted molar refractivity (Wildman–Crippen MR) is 85.3 cm³/mol. The van der Waals surface area contributed by atoms with Crippen LogP contribution in [0.1, 0.15) is 63.0 Å². The van der Waals surface area contributed by atoms with Crippen LogP contribution in [0.25, 0.3) is 0 Å². The second-order valence-corrected chi connectivity index (χ2v) is 6.31. The van der Waals surface area contributed by atoms with Crippen LogP contribution in [0.5, 0.6) is 0 Å². The molecule has 1 fully saturated rings. The van der Waals surface area contributed by atoms with Gasteiger partial charge in [-0.05, 0) is 36.5 Å². The number of benzene rings is 1. The summed E-state index contributed by atoms with van der Waals surface area (Å²) in [5, 5.41) is 11.8. The molecule has 23 heavy (non-hydrogen) atoms. The number of carbonyl (C=O) groups is 2. The number of carboxylic acids is 1. The lowest BCUT2D eigenvalue weighted by Gasteiger charge is -2.18. The van der Waals surface area contributed by atoms with Gasteiger partial charge in [-0.25, -0.2) is 4.39 Å². The Balaban J connectivity index is 1.84. The van der Waals surface area contributed by atoms with Crippen LogP contribution in [0.15, 0.2) is 24.3 Å². The van der Waals surface area contributed by atoms with Crippen molar-refractivity contribution in [2.45, 2.75) is 57.4 Å². The molecule has 1 aromatic rings. The van der Waals surface area contributed by atoms with Crippen LogP contribution in [0.4, 0.5) is 4.39 Å². The molecule has 1 aromatic carbocycles. The first kappa shape index (κ1) is 17.4. The lowest BCUT2D eigenvalue weighted by atomic mass is 10.00. The number of aliphatic carboxylic acids is 1. The van der Waals surface area contributed by atoms with Crippen molar-refractivity contribution >= 4 is 11.9 Å². The van der Waals surface area contributed by atoms with Crippen LogP contribution >= 0.6 is 0 Å². The maximum absolute atomic E-state index is 13.0. The standard InChI is InChI=1S/C18H24FNO3/c19-15-10-8-14(9-11-15)16(12-18(22)23)20-17(21)7-3-6-13-4-1-2-5-13/h8-11,13,16H,1-7,12H2,(H,20,21)(H,22,23). The second kappa shape index (κ2) is 8.65. The Morgan fingerprint density at radius 1 is 1.22 bits per heavy atom. The van der Waals surface area contributed by atoms with Crippen molar-refractivity contribution in [1.29, 1.82) is 0 Å². The van der Waals surface area contributed by atoms with Crippen molar-refractivity contribution in [3.63, 3.8) is 0 Å². The molecule has 0 spiro atoms. The van der Waals surface area contributed by atoms with Crippen LogP contribution in [-0.2, 0) is 9.59 Å². The largest absolute Gasteiger partial charge is 0.481 e. The van der Waals surface area contributed by atoms with Crippen LogP contribution in [0, 0.1) is 11.7 Å². The van der Waals surface area contributed by atoms with Gasteiger partial charge in [-0.2, -0.15) is 0 Å². The van der Waals surface area contributed by atoms with Gasteiger partial charge in [0.05, 0.1) is 12.5 Å². The lowest BCUT2D eigenvalue weighted by molar-refractivity contribution is -0.137. The Hall–Kier alpha value is -1.91. The number of halogens is 1. The number of nitrogens with one attached hydrogen (secondary N) is 1. The van der Waals surface area contributed by atoms with Crippen LogP contribution in [0.3, 0.4) is 0 Å². The minimum Gasteiger partial charge on any atom is -0.481 e. The summed E-state index contributed by atoms with van der Waals surface area (Å²) in [4.78, 5) is 23.1. The van der Waals surface area contributed by atoms with Crippen molar-refractivity contribution < 1.29 is 19.1 Å². The van der Waals surface area contributed by atoms with E-state index < -0.39 is 12.0 Å². The molecule has 1 unspecified atom stereocenters. The van der Waals surface area contributed by atoms with Gasteiger partial charge in [-0.1, -0.05) is 37.8 Å². The monoisotopic (exact) mass is 321 g/mol. The van der Waals surface area contributed by atoms with Gasteiger partial charge in [0.1, 0.15) is 5.82 Å². The van der Waals surface area contributed by atoms with Crippen molar-refractivity contribution in [1.82, 2.24) is 5.32 Å². The zero-order valence-corrected chi connectivity index (χ0v) is 13.3. The average molecular weight is 321 g/mol. The highest BCUT2D eigenvalue weighted by molar-refractivity contribution is 5.77. The molecule has 0 aromatic heterocycles. The van der Waals surface area contributed by atoms with Gasteiger partial charge in [-0.3, -0.25) is 9.59 Å². The number of carboxylic acid groups (broad SMARTS) is 1. The molecule has 2 rings (SSSR count). The minimum absolute atomic E-state index is 0.140. The average Bonchev–Trinajstić information content (AvgIpc) is 3.00. The molecule has 4 nitrogen and oxygen atoms in total. The predicted octanol–water partition coefficient (Wildman–Crippen LogP) is 3.82. The van der Waals surface area contributed by atoms with Crippen LogP contribution in [-0.4, -0.2) is 17.0 Å². The summed E-state index contributed by atoms with van der Waals surface area (Å²) in [6.07, 6.45) is 7.21. The van der Waals surface area contributed by atoms with E-state index in [4.69, 9.17) is 5.11 Å². The third-order valence-electron chi connectivity index (χ3n) is 4.48.